The van der Waals surface area contributed by atoms with E-state index in [1.165, 1.54) is 12.1 Å². The Labute approximate surface area is 151 Å². The lowest BCUT2D eigenvalue weighted by atomic mass is 9.91. The first-order valence-corrected chi connectivity index (χ1v) is 8.89. The number of halogens is 4. The van der Waals surface area contributed by atoms with Gasteiger partial charge in [0.05, 0.1) is 5.54 Å². The molecule has 0 fully saturated rings. The summed E-state index contributed by atoms with van der Waals surface area (Å²) in [5, 5.41) is 3.52. The fraction of sp³-hybridized carbons (Fsp3) is 0.429. The zero-order valence-electron chi connectivity index (χ0n) is 11.6. The van der Waals surface area contributed by atoms with E-state index in [2.05, 4.69) is 37.2 Å². The molecule has 0 aliphatic rings. The minimum Gasteiger partial charge on any atom is -0.340 e. The summed E-state index contributed by atoms with van der Waals surface area (Å²) in [5.74, 6) is -0.532. The van der Waals surface area contributed by atoms with Crippen molar-refractivity contribution in [3.8, 4) is 0 Å². The lowest BCUT2D eigenvalue weighted by Crippen LogP contribution is -2.53. The van der Waals surface area contributed by atoms with Crippen LogP contribution in [0.4, 0.5) is 0 Å². The molecule has 0 bridgehead atoms. The zero-order valence-corrected chi connectivity index (χ0v) is 16.2. The van der Waals surface area contributed by atoms with E-state index in [-0.39, 0.29) is 11.7 Å². The maximum Gasteiger partial charge on any atom is 0.252 e. The Bertz CT molecular complexity index is 532. The van der Waals surface area contributed by atoms with Crippen LogP contribution in [0, 0.1) is 0 Å². The molecular weight excluding hydrogens is 445 g/mol. The maximum atomic E-state index is 12.4. The molecule has 116 valence electrons. The van der Waals surface area contributed by atoms with Crippen molar-refractivity contribution in [2.45, 2.75) is 36.0 Å². The number of rotatable bonds is 6. The van der Waals surface area contributed by atoms with Crippen LogP contribution in [-0.4, -0.2) is 21.0 Å². The van der Waals surface area contributed by atoms with Crippen molar-refractivity contribution in [2.75, 3.05) is 0 Å². The lowest BCUT2D eigenvalue weighted by molar-refractivity contribution is -0.122. The third kappa shape index (κ3) is 5.23. The van der Waals surface area contributed by atoms with Crippen LogP contribution >= 0.6 is 55.1 Å². The molecule has 0 heterocycles. The molecule has 1 amide bonds. The fourth-order valence-corrected chi connectivity index (χ4v) is 3.53. The van der Waals surface area contributed by atoms with Gasteiger partial charge in [0.25, 0.3) is 5.91 Å². The summed E-state index contributed by atoms with van der Waals surface area (Å²) in [6.07, 6.45) is 1.28. The van der Waals surface area contributed by atoms with Crippen molar-refractivity contribution in [3.05, 3.63) is 33.8 Å². The van der Waals surface area contributed by atoms with Crippen LogP contribution in [0.15, 0.2) is 18.2 Å². The lowest BCUT2D eigenvalue weighted by Gasteiger charge is -2.30. The van der Waals surface area contributed by atoms with Gasteiger partial charge in [0.2, 0.25) is 0 Å². The first-order chi connectivity index (χ1) is 9.69. The van der Waals surface area contributed by atoms with E-state index in [0.29, 0.717) is 22.0 Å². The predicted octanol–water partition coefficient (Wildman–Crippen LogP) is 4.97. The summed E-state index contributed by atoms with van der Waals surface area (Å²) >= 11 is 18.2. The molecule has 1 aromatic rings. The van der Waals surface area contributed by atoms with Gasteiger partial charge in [0.1, 0.15) is 3.74 Å². The van der Waals surface area contributed by atoms with Crippen molar-refractivity contribution >= 4 is 66.8 Å². The fourth-order valence-electron chi connectivity index (χ4n) is 2.00. The highest BCUT2D eigenvalue weighted by atomic mass is 79.9. The molecule has 0 aromatic heterocycles. The Hall–Kier alpha value is -0.100. The molecule has 3 nitrogen and oxygen atoms in total. The summed E-state index contributed by atoms with van der Waals surface area (Å²) < 4.78 is -0.523. The van der Waals surface area contributed by atoms with Crippen LogP contribution in [-0.2, 0) is 4.79 Å². The second-order valence-corrected chi connectivity index (χ2v) is 8.79. The minimum absolute atomic E-state index is 0.147. The molecule has 0 radical (unpaired) electrons. The molecule has 1 atom stereocenters. The van der Waals surface area contributed by atoms with Crippen molar-refractivity contribution in [3.63, 3.8) is 0 Å². The van der Waals surface area contributed by atoms with E-state index < -0.39 is 9.28 Å². The number of hydrogen-bond acceptors (Lipinski definition) is 2. The van der Waals surface area contributed by atoms with E-state index in [0.717, 1.165) is 6.42 Å². The number of Topliss-reactive ketones (excluding diaryl/α,β-unsaturated/α-hetero) is 1. The van der Waals surface area contributed by atoms with Crippen LogP contribution in [0.3, 0.4) is 0 Å². The molecule has 0 saturated carbocycles. The number of nitrogens with one attached hydrogen (secondary N) is 1. The third-order valence-electron chi connectivity index (χ3n) is 3.01. The average molecular weight is 460 g/mol. The molecule has 1 aromatic carbocycles. The number of alkyl halides is 2. The van der Waals surface area contributed by atoms with Crippen molar-refractivity contribution < 1.29 is 9.59 Å². The van der Waals surface area contributed by atoms with Crippen LogP contribution in [0.1, 0.15) is 37.0 Å². The van der Waals surface area contributed by atoms with Crippen LogP contribution in [0.25, 0.3) is 0 Å². The van der Waals surface area contributed by atoms with Gasteiger partial charge in [-0.1, -0.05) is 68.4 Å². The topological polar surface area (TPSA) is 46.2 Å². The zero-order chi connectivity index (χ0) is 16.2. The second-order valence-electron chi connectivity index (χ2n) is 4.86. The van der Waals surface area contributed by atoms with Crippen molar-refractivity contribution in [1.29, 1.82) is 0 Å². The second kappa shape index (κ2) is 7.95. The molecule has 1 unspecified atom stereocenters. The molecule has 1 rings (SSSR count). The molecule has 0 aliphatic carbocycles. The summed E-state index contributed by atoms with van der Waals surface area (Å²) in [6.45, 7) is 3.66. The quantitative estimate of drug-likeness (QED) is 0.610. The van der Waals surface area contributed by atoms with Gasteiger partial charge in [-0.15, -0.1) is 0 Å². The van der Waals surface area contributed by atoms with Gasteiger partial charge in [-0.05, 0) is 31.5 Å². The number of amides is 1. The van der Waals surface area contributed by atoms with Gasteiger partial charge < -0.3 is 5.32 Å². The van der Waals surface area contributed by atoms with E-state index in [9.17, 15) is 9.59 Å². The minimum atomic E-state index is -0.974. The highest BCUT2D eigenvalue weighted by Gasteiger charge is 2.36. The summed E-state index contributed by atoms with van der Waals surface area (Å²) in [4.78, 5) is 24.7. The summed E-state index contributed by atoms with van der Waals surface area (Å²) in [6, 6.07) is 4.57. The Kier molecular flexibility index (Phi) is 7.17. The van der Waals surface area contributed by atoms with E-state index >= 15 is 0 Å². The van der Waals surface area contributed by atoms with Crippen molar-refractivity contribution in [2.24, 2.45) is 0 Å². The molecule has 0 spiro atoms. The molecule has 21 heavy (non-hydrogen) atoms. The molecule has 0 aliphatic heterocycles. The normalized spacial score (nSPS) is 13.9. The molecule has 1 N–H and O–H groups in total. The predicted molar refractivity (Wildman–Crippen MR) is 93.9 cm³/mol. The third-order valence-corrected chi connectivity index (χ3v) is 4.27. The Morgan fingerprint density at radius 3 is 2.19 bits per heavy atom. The number of carbonyl (C=O) groups is 2. The molecule has 7 heteroatoms. The largest absolute Gasteiger partial charge is 0.340 e. The monoisotopic (exact) mass is 457 g/mol. The van der Waals surface area contributed by atoms with Gasteiger partial charge in [0.15, 0.2) is 5.78 Å². The van der Waals surface area contributed by atoms with E-state index in [4.69, 9.17) is 23.2 Å². The highest BCUT2D eigenvalue weighted by molar-refractivity contribution is 9.25. The number of carbonyl (C=O) groups excluding carboxylic acids is 2. The highest BCUT2D eigenvalue weighted by Crippen LogP contribution is 2.24. The van der Waals surface area contributed by atoms with Crippen LogP contribution in [0.5, 0.6) is 0 Å². The van der Waals surface area contributed by atoms with Gasteiger partial charge >= 0.3 is 0 Å². The molecular formula is C14H15Br2Cl2NO2. The summed E-state index contributed by atoms with van der Waals surface area (Å²) in [5.41, 5.74) is -0.651. The van der Waals surface area contributed by atoms with Crippen LogP contribution < -0.4 is 5.32 Å². The number of benzene rings is 1. The summed E-state index contributed by atoms with van der Waals surface area (Å²) in [7, 11) is 0. The van der Waals surface area contributed by atoms with Gasteiger partial charge in [0, 0.05) is 15.6 Å². The average Bonchev–Trinajstić information content (AvgIpc) is 2.36. The van der Waals surface area contributed by atoms with E-state index in [1.807, 2.05) is 6.92 Å². The van der Waals surface area contributed by atoms with Gasteiger partial charge in [-0.3, -0.25) is 9.59 Å². The van der Waals surface area contributed by atoms with Crippen LogP contribution in [0.2, 0.25) is 10.0 Å². The number of hydrogen-bond donors (Lipinski definition) is 1. The standard InChI is InChI=1S/C14H15Br2Cl2NO2/c1-3-4-14(2,11(20)12(15)16)19-13(21)8-5-9(17)7-10(18)6-8/h5-7,12H,3-4H2,1-2H3,(H,19,21). The van der Waals surface area contributed by atoms with E-state index in [1.54, 1.807) is 13.0 Å². The Balaban J connectivity index is 3.03. The van der Waals surface area contributed by atoms with Gasteiger partial charge in [-0.2, -0.15) is 0 Å². The maximum absolute atomic E-state index is 12.4. The Morgan fingerprint density at radius 2 is 1.76 bits per heavy atom. The number of ketones is 1. The van der Waals surface area contributed by atoms with Crippen molar-refractivity contribution in [1.82, 2.24) is 5.32 Å². The molecule has 0 saturated heterocycles. The Morgan fingerprint density at radius 1 is 1.24 bits per heavy atom. The smallest absolute Gasteiger partial charge is 0.252 e. The SMILES string of the molecule is CCCC(C)(NC(=O)c1cc(Cl)cc(Cl)c1)C(=O)C(Br)Br. The van der Waals surface area contributed by atoms with Gasteiger partial charge in [-0.25, -0.2) is 0 Å². The first kappa shape index (κ1) is 18.9. The first-order valence-electron chi connectivity index (χ1n) is 6.30.